The Balaban J connectivity index is 2.17. The molecule has 0 N–H and O–H groups in total. The molecule has 1 aliphatic carbocycles. The van der Waals surface area contributed by atoms with Crippen molar-refractivity contribution in [1.29, 1.82) is 0 Å². The number of hydrogen-bond acceptors (Lipinski definition) is 3. The van der Waals surface area contributed by atoms with Crippen LogP contribution in [0.25, 0.3) is 0 Å². The van der Waals surface area contributed by atoms with Crippen LogP contribution in [0.1, 0.15) is 40.0 Å². The number of carbonyl (C=O) groups is 1. The molecule has 2 atom stereocenters. The van der Waals surface area contributed by atoms with Crippen molar-refractivity contribution < 1.29 is 14.3 Å². The molecule has 4 nitrogen and oxygen atoms in total. The van der Waals surface area contributed by atoms with Crippen molar-refractivity contribution in [2.45, 2.75) is 46.1 Å². The summed E-state index contributed by atoms with van der Waals surface area (Å²) in [6.45, 7) is 9.25. The topological polar surface area (TPSA) is 38.8 Å². The number of rotatable bonds is 10. The van der Waals surface area contributed by atoms with Crippen LogP contribution in [0.3, 0.4) is 0 Å². The summed E-state index contributed by atoms with van der Waals surface area (Å²) in [7, 11) is 1.66. The molecule has 0 aliphatic heterocycles. The Kier molecular flexibility index (Phi) is 7.39. The van der Waals surface area contributed by atoms with Gasteiger partial charge in [-0.15, -0.1) is 0 Å². The van der Waals surface area contributed by atoms with Gasteiger partial charge in [0.1, 0.15) is 0 Å². The molecule has 112 valence electrons. The van der Waals surface area contributed by atoms with Crippen LogP contribution in [-0.2, 0) is 14.3 Å². The smallest absolute Gasteiger partial charge is 0.222 e. The van der Waals surface area contributed by atoms with Crippen LogP contribution in [0.4, 0.5) is 0 Å². The normalized spacial score (nSPS) is 21.7. The molecule has 0 unspecified atom stereocenters. The van der Waals surface area contributed by atoms with Gasteiger partial charge in [0, 0.05) is 32.7 Å². The summed E-state index contributed by atoms with van der Waals surface area (Å²) in [5, 5.41) is 0. The first-order valence-corrected chi connectivity index (χ1v) is 7.42. The Morgan fingerprint density at radius 2 is 2.00 bits per heavy atom. The highest BCUT2D eigenvalue weighted by atomic mass is 16.5. The zero-order chi connectivity index (χ0) is 14.3. The first kappa shape index (κ1) is 16.4. The van der Waals surface area contributed by atoms with E-state index in [2.05, 4.69) is 20.8 Å². The van der Waals surface area contributed by atoms with Gasteiger partial charge < -0.3 is 14.4 Å². The van der Waals surface area contributed by atoms with Gasteiger partial charge in [-0.25, -0.2) is 0 Å². The first-order valence-electron chi connectivity index (χ1n) is 7.42. The summed E-state index contributed by atoms with van der Waals surface area (Å²) < 4.78 is 10.3. The van der Waals surface area contributed by atoms with Crippen LogP contribution in [0, 0.1) is 11.8 Å². The second-order valence-corrected chi connectivity index (χ2v) is 5.82. The fourth-order valence-electron chi connectivity index (χ4n) is 2.22. The fourth-order valence-corrected chi connectivity index (χ4v) is 2.22. The van der Waals surface area contributed by atoms with Crippen LogP contribution >= 0.6 is 0 Å². The maximum absolute atomic E-state index is 12.2. The van der Waals surface area contributed by atoms with E-state index < -0.39 is 0 Å². The third kappa shape index (κ3) is 6.39. The highest BCUT2D eigenvalue weighted by molar-refractivity contribution is 5.76. The van der Waals surface area contributed by atoms with E-state index in [0.717, 1.165) is 24.8 Å². The zero-order valence-corrected chi connectivity index (χ0v) is 12.9. The van der Waals surface area contributed by atoms with E-state index in [1.165, 1.54) is 6.42 Å². The molecule has 0 aromatic heterocycles. The summed E-state index contributed by atoms with van der Waals surface area (Å²) in [5.41, 5.74) is 0. The van der Waals surface area contributed by atoms with Crippen LogP contribution in [0.5, 0.6) is 0 Å². The van der Waals surface area contributed by atoms with Crippen molar-refractivity contribution >= 4 is 5.91 Å². The Hall–Kier alpha value is -0.610. The van der Waals surface area contributed by atoms with Crippen LogP contribution in [-0.4, -0.2) is 50.3 Å². The Morgan fingerprint density at radius 3 is 2.53 bits per heavy atom. The third-order valence-corrected chi connectivity index (χ3v) is 3.76. The second kappa shape index (κ2) is 8.54. The SMILES string of the molecule is COCCOCCCC(=O)N(C[C@H]1C[C@@H]1C)C(C)C. The Morgan fingerprint density at radius 1 is 1.32 bits per heavy atom. The lowest BCUT2D eigenvalue weighted by Crippen LogP contribution is -2.38. The maximum atomic E-state index is 12.2. The fraction of sp³-hybridized carbons (Fsp3) is 0.933. The number of ether oxygens (including phenoxy) is 2. The van der Waals surface area contributed by atoms with E-state index in [-0.39, 0.29) is 5.91 Å². The lowest BCUT2D eigenvalue weighted by molar-refractivity contribution is -0.133. The molecule has 1 fully saturated rings. The van der Waals surface area contributed by atoms with Gasteiger partial charge in [0.2, 0.25) is 5.91 Å². The highest BCUT2D eigenvalue weighted by Crippen LogP contribution is 2.38. The van der Waals surface area contributed by atoms with Gasteiger partial charge in [0.15, 0.2) is 0 Å². The average Bonchev–Trinajstić information content (AvgIpc) is 3.06. The molecule has 0 spiro atoms. The van der Waals surface area contributed by atoms with Gasteiger partial charge in [-0.1, -0.05) is 6.92 Å². The zero-order valence-electron chi connectivity index (χ0n) is 12.9. The third-order valence-electron chi connectivity index (χ3n) is 3.76. The summed E-state index contributed by atoms with van der Waals surface area (Å²) in [5.74, 6) is 1.79. The quantitative estimate of drug-likeness (QED) is 0.572. The molecule has 19 heavy (non-hydrogen) atoms. The number of nitrogens with zero attached hydrogens (tertiary/aromatic N) is 1. The summed E-state index contributed by atoms with van der Waals surface area (Å²) in [6, 6.07) is 0.301. The van der Waals surface area contributed by atoms with Crippen LogP contribution in [0.15, 0.2) is 0 Å². The van der Waals surface area contributed by atoms with E-state index in [9.17, 15) is 4.79 Å². The average molecular weight is 271 g/mol. The van der Waals surface area contributed by atoms with Crippen LogP contribution < -0.4 is 0 Å². The molecule has 0 radical (unpaired) electrons. The lowest BCUT2D eigenvalue weighted by Gasteiger charge is -2.27. The van der Waals surface area contributed by atoms with Crippen molar-refractivity contribution in [3.05, 3.63) is 0 Å². The van der Waals surface area contributed by atoms with Crippen molar-refractivity contribution in [1.82, 2.24) is 4.90 Å². The molecule has 0 saturated heterocycles. The van der Waals surface area contributed by atoms with Crippen molar-refractivity contribution in [3.63, 3.8) is 0 Å². The highest BCUT2D eigenvalue weighted by Gasteiger charge is 2.35. The standard InChI is InChI=1S/C15H29NO3/c1-12(2)16(11-14-10-13(14)3)15(17)6-5-7-19-9-8-18-4/h12-14H,5-11H2,1-4H3/t13-,14+/m0/s1. The molecule has 0 aromatic carbocycles. The largest absolute Gasteiger partial charge is 0.382 e. The van der Waals surface area contributed by atoms with Gasteiger partial charge >= 0.3 is 0 Å². The predicted molar refractivity (Wildman–Crippen MR) is 76.0 cm³/mol. The first-order chi connectivity index (χ1) is 9.06. The summed E-state index contributed by atoms with van der Waals surface area (Å²) in [4.78, 5) is 14.2. The number of carbonyl (C=O) groups excluding carboxylic acids is 1. The number of hydrogen-bond donors (Lipinski definition) is 0. The molecular weight excluding hydrogens is 242 g/mol. The molecule has 0 bridgehead atoms. The van der Waals surface area contributed by atoms with Crippen molar-refractivity contribution in [2.75, 3.05) is 33.5 Å². The minimum atomic E-state index is 0.268. The Labute approximate surface area is 117 Å². The molecule has 1 rings (SSSR count). The Bertz CT molecular complexity index is 268. The lowest BCUT2D eigenvalue weighted by atomic mass is 10.2. The van der Waals surface area contributed by atoms with Gasteiger partial charge in [-0.3, -0.25) is 4.79 Å². The van der Waals surface area contributed by atoms with E-state index in [0.29, 0.717) is 32.3 Å². The van der Waals surface area contributed by atoms with Crippen LogP contribution in [0.2, 0.25) is 0 Å². The summed E-state index contributed by atoms with van der Waals surface area (Å²) in [6.07, 6.45) is 2.66. The molecule has 0 aromatic rings. The van der Waals surface area contributed by atoms with Crippen molar-refractivity contribution in [3.8, 4) is 0 Å². The van der Waals surface area contributed by atoms with Gasteiger partial charge in [-0.05, 0) is 38.5 Å². The second-order valence-electron chi connectivity index (χ2n) is 5.82. The van der Waals surface area contributed by atoms with Gasteiger partial charge in [0.05, 0.1) is 13.2 Å². The van der Waals surface area contributed by atoms with Gasteiger partial charge in [0.25, 0.3) is 0 Å². The minimum absolute atomic E-state index is 0.268. The number of methoxy groups -OCH3 is 1. The molecule has 4 heteroatoms. The van der Waals surface area contributed by atoms with E-state index in [4.69, 9.17) is 9.47 Å². The molecule has 1 amide bonds. The molecular formula is C15H29NO3. The molecule has 1 aliphatic rings. The van der Waals surface area contributed by atoms with E-state index in [1.54, 1.807) is 7.11 Å². The summed E-state index contributed by atoms with van der Waals surface area (Å²) >= 11 is 0. The number of amides is 1. The maximum Gasteiger partial charge on any atom is 0.222 e. The minimum Gasteiger partial charge on any atom is -0.382 e. The monoisotopic (exact) mass is 271 g/mol. The van der Waals surface area contributed by atoms with Gasteiger partial charge in [-0.2, -0.15) is 0 Å². The molecule has 1 saturated carbocycles. The van der Waals surface area contributed by atoms with Crippen molar-refractivity contribution in [2.24, 2.45) is 11.8 Å². The van der Waals surface area contributed by atoms with E-state index >= 15 is 0 Å². The van der Waals surface area contributed by atoms with E-state index in [1.807, 2.05) is 4.90 Å². The molecule has 0 heterocycles. The predicted octanol–water partition coefficient (Wildman–Crippen LogP) is 2.32.